The van der Waals surface area contributed by atoms with Gasteiger partial charge >= 0.3 is 6.03 Å². The maximum atomic E-state index is 12.3. The summed E-state index contributed by atoms with van der Waals surface area (Å²) in [5, 5.41) is 8.07. The van der Waals surface area contributed by atoms with Gasteiger partial charge in [-0.2, -0.15) is 0 Å². The van der Waals surface area contributed by atoms with E-state index in [1.165, 1.54) is 0 Å². The first-order valence-corrected chi connectivity index (χ1v) is 8.75. The monoisotopic (exact) mass is 331 g/mol. The minimum atomic E-state index is -0.140. The number of hydrogen-bond donors (Lipinski definition) is 2. The van der Waals surface area contributed by atoms with Crippen molar-refractivity contribution in [1.82, 2.24) is 15.6 Å². The van der Waals surface area contributed by atoms with Gasteiger partial charge in [-0.15, -0.1) is 11.3 Å². The molecule has 2 aromatic rings. The molecule has 2 N–H and O–H groups in total. The number of carbonyl (C=O) groups is 1. The molecule has 0 aromatic carbocycles. The molecule has 1 unspecified atom stereocenters. The highest BCUT2D eigenvalue weighted by Gasteiger charge is 2.27. The Morgan fingerprint density at radius 3 is 2.91 bits per heavy atom. The summed E-state index contributed by atoms with van der Waals surface area (Å²) in [6, 6.07) is 7.76. The van der Waals surface area contributed by atoms with Crippen LogP contribution in [0.3, 0.4) is 0 Å². The van der Waals surface area contributed by atoms with Crippen molar-refractivity contribution in [2.75, 3.05) is 13.2 Å². The first-order chi connectivity index (χ1) is 11.3. The van der Waals surface area contributed by atoms with Gasteiger partial charge in [0.2, 0.25) is 0 Å². The van der Waals surface area contributed by atoms with Gasteiger partial charge in [0.05, 0.1) is 12.6 Å². The Kier molecular flexibility index (Phi) is 5.60. The van der Waals surface area contributed by atoms with Gasteiger partial charge in [-0.1, -0.05) is 12.1 Å². The lowest BCUT2D eigenvalue weighted by Gasteiger charge is -2.31. The molecule has 5 nitrogen and oxygen atoms in total. The number of hydrogen-bond acceptors (Lipinski definition) is 4. The van der Waals surface area contributed by atoms with E-state index in [9.17, 15) is 4.79 Å². The van der Waals surface area contributed by atoms with Crippen LogP contribution < -0.4 is 10.6 Å². The number of nitrogens with one attached hydrogen (secondary N) is 2. The van der Waals surface area contributed by atoms with Crippen molar-refractivity contribution < 1.29 is 9.53 Å². The third kappa shape index (κ3) is 4.53. The lowest BCUT2D eigenvalue weighted by molar-refractivity contribution is 0.0547. The largest absolute Gasteiger partial charge is 0.381 e. The summed E-state index contributed by atoms with van der Waals surface area (Å²) in [4.78, 5) is 17.6. The molecule has 3 rings (SSSR count). The molecule has 122 valence electrons. The third-order valence-electron chi connectivity index (χ3n) is 4.07. The summed E-state index contributed by atoms with van der Waals surface area (Å²) >= 11 is 1.64. The Morgan fingerprint density at radius 2 is 2.22 bits per heavy atom. The average molecular weight is 331 g/mol. The quantitative estimate of drug-likeness (QED) is 0.885. The molecule has 3 heterocycles. The van der Waals surface area contributed by atoms with Crippen LogP contribution >= 0.6 is 11.3 Å². The Bertz CT molecular complexity index is 598. The Labute approximate surface area is 140 Å². The van der Waals surface area contributed by atoms with Crippen molar-refractivity contribution in [1.29, 1.82) is 0 Å². The molecule has 0 aliphatic carbocycles. The summed E-state index contributed by atoms with van der Waals surface area (Å²) in [5.41, 5.74) is 1.05. The van der Waals surface area contributed by atoms with Crippen LogP contribution in [0.5, 0.6) is 0 Å². The lowest BCUT2D eigenvalue weighted by atomic mass is 9.88. The van der Waals surface area contributed by atoms with Crippen LogP contribution in [0.2, 0.25) is 0 Å². The van der Waals surface area contributed by atoms with Crippen LogP contribution in [-0.4, -0.2) is 24.2 Å². The first kappa shape index (κ1) is 16.0. The van der Waals surface area contributed by atoms with Crippen molar-refractivity contribution in [3.8, 4) is 0 Å². The highest BCUT2D eigenvalue weighted by Crippen LogP contribution is 2.29. The highest BCUT2D eigenvalue weighted by molar-refractivity contribution is 7.09. The van der Waals surface area contributed by atoms with E-state index in [1.807, 2.05) is 35.8 Å². The van der Waals surface area contributed by atoms with Crippen LogP contribution in [0, 0.1) is 5.92 Å². The number of thiophene rings is 1. The Balaban J connectivity index is 1.64. The van der Waals surface area contributed by atoms with E-state index in [0.717, 1.165) is 36.5 Å². The summed E-state index contributed by atoms with van der Waals surface area (Å²) in [6.45, 7) is 2.05. The smallest absolute Gasteiger partial charge is 0.315 e. The highest BCUT2D eigenvalue weighted by atomic mass is 32.1. The molecule has 2 aromatic heterocycles. The number of urea groups is 1. The molecule has 0 bridgehead atoms. The van der Waals surface area contributed by atoms with Crippen molar-refractivity contribution in [3.05, 3.63) is 52.5 Å². The summed E-state index contributed by atoms with van der Waals surface area (Å²) < 4.78 is 5.44. The van der Waals surface area contributed by atoms with Crippen LogP contribution in [-0.2, 0) is 11.3 Å². The van der Waals surface area contributed by atoms with Gasteiger partial charge in [-0.3, -0.25) is 4.98 Å². The normalized spacial score (nSPS) is 16.7. The average Bonchev–Trinajstić information content (AvgIpc) is 3.13. The molecular weight excluding hydrogens is 310 g/mol. The van der Waals surface area contributed by atoms with Gasteiger partial charge in [0.15, 0.2) is 0 Å². The maximum Gasteiger partial charge on any atom is 0.315 e. The number of amides is 2. The topological polar surface area (TPSA) is 63.2 Å². The van der Waals surface area contributed by atoms with E-state index in [2.05, 4.69) is 15.6 Å². The maximum absolute atomic E-state index is 12.3. The number of ether oxygens (including phenoxy) is 1. The molecule has 2 amide bonds. The van der Waals surface area contributed by atoms with Crippen LogP contribution in [0.25, 0.3) is 0 Å². The van der Waals surface area contributed by atoms with E-state index in [1.54, 1.807) is 17.5 Å². The number of rotatable bonds is 5. The predicted octanol–water partition coefficient (Wildman–Crippen LogP) is 3.11. The molecule has 6 heteroatoms. The van der Waals surface area contributed by atoms with E-state index in [0.29, 0.717) is 12.5 Å². The van der Waals surface area contributed by atoms with Crippen molar-refractivity contribution in [2.45, 2.75) is 25.4 Å². The van der Waals surface area contributed by atoms with E-state index in [-0.39, 0.29) is 12.1 Å². The fourth-order valence-corrected chi connectivity index (χ4v) is 3.50. The van der Waals surface area contributed by atoms with Crippen molar-refractivity contribution in [2.24, 2.45) is 5.92 Å². The minimum absolute atomic E-state index is 0.0315. The van der Waals surface area contributed by atoms with Gasteiger partial charge < -0.3 is 15.4 Å². The molecule has 0 radical (unpaired) electrons. The molecule has 1 fully saturated rings. The number of aromatic nitrogens is 1. The fourth-order valence-electron chi connectivity index (χ4n) is 2.86. The van der Waals surface area contributed by atoms with Gasteiger partial charge in [-0.25, -0.2) is 4.79 Å². The number of carbonyl (C=O) groups excluding carboxylic acids is 1. The zero-order valence-corrected chi connectivity index (χ0v) is 13.7. The van der Waals surface area contributed by atoms with Gasteiger partial charge in [0.1, 0.15) is 0 Å². The fraction of sp³-hybridized carbons (Fsp3) is 0.412. The van der Waals surface area contributed by atoms with Gasteiger partial charge in [0, 0.05) is 30.5 Å². The van der Waals surface area contributed by atoms with Crippen LogP contribution in [0.1, 0.15) is 29.3 Å². The van der Waals surface area contributed by atoms with Crippen LogP contribution in [0.4, 0.5) is 4.79 Å². The Hall–Kier alpha value is -1.92. The van der Waals surface area contributed by atoms with E-state index in [4.69, 9.17) is 4.74 Å². The molecule has 1 aliphatic heterocycles. The van der Waals surface area contributed by atoms with E-state index < -0.39 is 0 Å². The molecule has 0 saturated carbocycles. The second-order valence-corrected chi connectivity index (χ2v) is 6.65. The van der Waals surface area contributed by atoms with Crippen LogP contribution in [0.15, 0.2) is 42.0 Å². The molecule has 1 aliphatic rings. The first-order valence-electron chi connectivity index (χ1n) is 7.87. The van der Waals surface area contributed by atoms with Gasteiger partial charge in [0.25, 0.3) is 0 Å². The van der Waals surface area contributed by atoms with E-state index >= 15 is 0 Å². The number of nitrogens with zero attached hydrogens (tertiary/aromatic N) is 1. The van der Waals surface area contributed by atoms with Crippen molar-refractivity contribution >= 4 is 17.4 Å². The zero-order chi connectivity index (χ0) is 15.9. The summed E-state index contributed by atoms with van der Waals surface area (Å²) in [7, 11) is 0. The molecule has 23 heavy (non-hydrogen) atoms. The second kappa shape index (κ2) is 8.08. The summed E-state index contributed by atoms with van der Waals surface area (Å²) in [6.07, 6.45) is 5.48. The molecule has 1 saturated heterocycles. The SMILES string of the molecule is O=C(NCc1cccs1)NC(c1cccnc1)C1CCOCC1. The standard InChI is InChI=1S/C17H21N3O2S/c21-17(19-12-15-4-2-10-23-15)20-16(13-5-8-22-9-6-13)14-3-1-7-18-11-14/h1-4,7,10-11,13,16H,5-6,8-9,12H2,(H2,19,20,21). The van der Waals surface area contributed by atoms with Crippen molar-refractivity contribution in [3.63, 3.8) is 0 Å². The predicted molar refractivity (Wildman–Crippen MR) is 90.2 cm³/mol. The molecule has 1 atom stereocenters. The van der Waals surface area contributed by atoms with Gasteiger partial charge in [-0.05, 0) is 41.8 Å². The Morgan fingerprint density at radius 1 is 1.35 bits per heavy atom. The third-order valence-corrected chi connectivity index (χ3v) is 4.95. The second-order valence-electron chi connectivity index (χ2n) is 5.62. The number of pyridine rings is 1. The lowest BCUT2D eigenvalue weighted by Crippen LogP contribution is -2.41. The molecule has 0 spiro atoms. The zero-order valence-electron chi connectivity index (χ0n) is 12.9. The minimum Gasteiger partial charge on any atom is -0.381 e. The molecular formula is C17H21N3O2S. The summed E-state index contributed by atoms with van der Waals surface area (Å²) in [5.74, 6) is 0.375.